The zero-order valence-corrected chi connectivity index (χ0v) is 17.1. The lowest BCUT2D eigenvalue weighted by atomic mass is 10.1. The fourth-order valence-corrected chi connectivity index (χ4v) is 3.22. The Morgan fingerprint density at radius 1 is 0.906 bits per heavy atom. The van der Waals surface area contributed by atoms with Crippen LogP contribution in [-0.4, -0.2) is 45.3 Å². The lowest BCUT2D eigenvalue weighted by molar-refractivity contribution is -0.159. The molecule has 0 aliphatic carbocycles. The van der Waals surface area contributed by atoms with Crippen LogP contribution >= 0.6 is 0 Å². The highest BCUT2D eigenvalue weighted by molar-refractivity contribution is 5.97. The van der Waals surface area contributed by atoms with Gasteiger partial charge in [-0.05, 0) is 31.2 Å². The number of carbonyl (C=O) groups is 2. The Morgan fingerprint density at radius 3 is 2.38 bits per heavy atom. The summed E-state index contributed by atoms with van der Waals surface area (Å²) in [5.74, 6) is -2.17. The molecule has 4 aromatic rings. The fraction of sp³-hybridized carbons (Fsp3) is 0.130. The van der Waals surface area contributed by atoms with Gasteiger partial charge in [0.1, 0.15) is 11.5 Å². The monoisotopic (exact) mass is 434 g/mol. The number of hydrogen-bond acceptors (Lipinski definition) is 7. The number of carboxylic acids is 2. The smallest absolute Gasteiger partial charge is 0.356 e. The molecule has 0 unspecified atom stereocenters. The molecule has 9 heteroatoms. The summed E-state index contributed by atoms with van der Waals surface area (Å²) in [7, 11) is 1.36. The van der Waals surface area contributed by atoms with Crippen LogP contribution in [0, 0.1) is 6.92 Å². The van der Waals surface area contributed by atoms with Crippen molar-refractivity contribution in [2.24, 2.45) is 0 Å². The van der Waals surface area contributed by atoms with Gasteiger partial charge in [0.25, 0.3) is 6.10 Å². The summed E-state index contributed by atoms with van der Waals surface area (Å²) in [6.45, 7) is 1.84. The number of ether oxygens (including phenoxy) is 3. The third-order valence-electron chi connectivity index (χ3n) is 4.77. The standard InChI is InChI=1S/C23H18N2O7/c1-12-18(9-13-5-3-4-6-15(13)25-12)31-17-7-8-24-16-11-20(19(30-2)10-14(16)17)32-21(22(26)27)23(28)29/h3-11,21H,1-2H3,(H,26,27)(H,28,29). The number of pyridine rings is 2. The molecule has 0 bridgehead atoms. The van der Waals surface area contributed by atoms with Crippen LogP contribution in [0.3, 0.4) is 0 Å². The van der Waals surface area contributed by atoms with E-state index in [0.29, 0.717) is 28.1 Å². The van der Waals surface area contributed by atoms with Gasteiger partial charge < -0.3 is 24.4 Å². The minimum atomic E-state index is -2.09. The number of para-hydroxylation sites is 1. The van der Waals surface area contributed by atoms with Crippen molar-refractivity contribution in [1.29, 1.82) is 0 Å². The fourth-order valence-electron chi connectivity index (χ4n) is 3.22. The lowest BCUT2D eigenvalue weighted by Crippen LogP contribution is -2.35. The Morgan fingerprint density at radius 2 is 1.66 bits per heavy atom. The maximum atomic E-state index is 11.2. The predicted molar refractivity (Wildman–Crippen MR) is 115 cm³/mol. The minimum absolute atomic E-state index is 0.0667. The largest absolute Gasteiger partial charge is 0.493 e. The van der Waals surface area contributed by atoms with Crippen LogP contribution < -0.4 is 14.2 Å². The van der Waals surface area contributed by atoms with Crippen LogP contribution in [-0.2, 0) is 9.59 Å². The molecule has 0 spiro atoms. The van der Waals surface area contributed by atoms with Crippen molar-refractivity contribution < 1.29 is 34.0 Å². The average molecular weight is 434 g/mol. The highest BCUT2D eigenvalue weighted by Crippen LogP contribution is 2.38. The van der Waals surface area contributed by atoms with Gasteiger partial charge in [-0.3, -0.25) is 4.98 Å². The molecular formula is C23H18N2O7. The van der Waals surface area contributed by atoms with Gasteiger partial charge in [0.2, 0.25) is 0 Å². The van der Waals surface area contributed by atoms with Crippen LogP contribution in [0.5, 0.6) is 23.0 Å². The second-order valence-corrected chi connectivity index (χ2v) is 6.87. The van der Waals surface area contributed by atoms with Crippen molar-refractivity contribution in [3.8, 4) is 23.0 Å². The number of carboxylic acid groups (broad SMARTS) is 2. The van der Waals surface area contributed by atoms with E-state index >= 15 is 0 Å². The van der Waals surface area contributed by atoms with E-state index < -0.39 is 18.0 Å². The normalized spacial score (nSPS) is 11.0. The number of aromatic nitrogens is 2. The summed E-state index contributed by atoms with van der Waals surface area (Å²) < 4.78 is 16.6. The van der Waals surface area contributed by atoms with E-state index in [9.17, 15) is 9.59 Å². The van der Waals surface area contributed by atoms with Gasteiger partial charge in [-0.15, -0.1) is 0 Å². The van der Waals surface area contributed by atoms with Crippen LogP contribution in [0.15, 0.2) is 54.7 Å². The Hall–Kier alpha value is -4.40. The molecule has 162 valence electrons. The molecule has 2 aromatic carbocycles. The highest BCUT2D eigenvalue weighted by Gasteiger charge is 2.29. The van der Waals surface area contributed by atoms with Crippen LogP contribution in [0.1, 0.15) is 5.69 Å². The number of aryl methyl sites for hydroxylation is 1. The molecule has 0 fully saturated rings. The average Bonchev–Trinajstić information content (AvgIpc) is 2.77. The molecule has 0 amide bonds. The SMILES string of the molecule is COc1cc2c(Oc3cc4ccccc4nc3C)ccnc2cc1OC(C(=O)O)C(=O)O. The molecular weight excluding hydrogens is 416 g/mol. The molecule has 2 aromatic heterocycles. The Kier molecular flexibility index (Phi) is 5.46. The predicted octanol–water partition coefficient (Wildman–Crippen LogP) is 3.81. The molecule has 2 heterocycles. The summed E-state index contributed by atoms with van der Waals surface area (Å²) in [5.41, 5.74) is 1.96. The number of fused-ring (bicyclic) bond motifs is 2. The van der Waals surface area contributed by atoms with Crippen molar-refractivity contribution >= 4 is 33.7 Å². The second kappa shape index (κ2) is 8.38. The van der Waals surface area contributed by atoms with Gasteiger partial charge in [0, 0.05) is 23.0 Å². The van der Waals surface area contributed by atoms with Gasteiger partial charge in [-0.2, -0.15) is 0 Å². The van der Waals surface area contributed by atoms with E-state index in [1.165, 1.54) is 19.4 Å². The number of nitrogens with zero attached hydrogens (tertiary/aromatic N) is 2. The second-order valence-electron chi connectivity index (χ2n) is 6.87. The number of benzene rings is 2. The number of hydrogen-bond donors (Lipinski definition) is 2. The minimum Gasteiger partial charge on any atom is -0.493 e. The van der Waals surface area contributed by atoms with E-state index in [0.717, 1.165) is 10.9 Å². The van der Waals surface area contributed by atoms with Gasteiger partial charge in [0.05, 0.1) is 23.8 Å². The van der Waals surface area contributed by atoms with E-state index in [4.69, 9.17) is 24.4 Å². The van der Waals surface area contributed by atoms with Gasteiger partial charge in [-0.1, -0.05) is 18.2 Å². The molecule has 9 nitrogen and oxygen atoms in total. The Bertz CT molecular complexity index is 1340. The summed E-state index contributed by atoms with van der Waals surface area (Å²) >= 11 is 0. The Labute approximate surface area is 181 Å². The third kappa shape index (κ3) is 3.95. The molecule has 2 N–H and O–H groups in total. The quantitative estimate of drug-likeness (QED) is 0.417. The first-order valence-electron chi connectivity index (χ1n) is 9.50. The van der Waals surface area contributed by atoms with Crippen molar-refractivity contribution in [2.45, 2.75) is 13.0 Å². The van der Waals surface area contributed by atoms with E-state index in [1.807, 2.05) is 37.3 Å². The first-order valence-corrected chi connectivity index (χ1v) is 9.50. The first-order chi connectivity index (χ1) is 15.4. The zero-order valence-electron chi connectivity index (χ0n) is 17.1. The molecule has 0 atom stereocenters. The van der Waals surface area contributed by atoms with Gasteiger partial charge in [0.15, 0.2) is 11.5 Å². The molecule has 4 rings (SSSR count). The van der Waals surface area contributed by atoms with E-state index in [2.05, 4.69) is 9.97 Å². The number of methoxy groups -OCH3 is 1. The molecule has 0 aliphatic heterocycles. The number of aliphatic carboxylic acids is 2. The molecule has 0 saturated heterocycles. The van der Waals surface area contributed by atoms with Gasteiger partial charge >= 0.3 is 11.9 Å². The highest BCUT2D eigenvalue weighted by atomic mass is 16.6. The van der Waals surface area contributed by atoms with Crippen molar-refractivity contribution in [2.75, 3.05) is 7.11 Å². The molecule has 0 saturated carbocycles. The molecule has 0 radical (unpaired) electrons. The number of rotatable bonds is 7. The van der Waals surface area contributed by atoms with Crippen molar-refractivity contribution in [1.82, 2.24) is 9.97 Å². The zero-order chi connectivity index (χ0) is 22.8. The van der Waals surface area contributed by atoms with Crippen LogP contribution in [0.4, 0.5) is 0 Å². The molecule has 32 heavy (non-hydrogen) atoms. The maximum absolute atomic E-state index is 11.2. The third-order valence-corrected chi connectivity index (χ3v) is 4.77. The topological polar surface area (TPSA) is 128 Å². The van der Waals surface area contributed by atoms with Crippen molar-refractivity contribution in [3.63, 3.8) is 0 Å². The summed E-state index contributed by atoms with van der Waals surface area (Å²) in [4.78, 5) is 31.2. The van der Waals surface area contributed by atoms with Crippen LogP contribution in [0.2, 0.25) is 0 Å². The summed E-state index contributed by atoms with van der Waals surface area (Å²) in [6.07, 6.45) is -0.573. The Balaban J connectivity index is 1.76. The lowest BCUT2D eigenvalue weighted by Gasteiger charge is -2.16. The van der Waals surface area contributed by atoms with Crippen molar-refractivity contribution in [3.05, 3.63) is 60.4 Å². The molecule has 0 aliphatic rings. The van der Waals surface area contributed by atoms with Crippen LogP contribution in [0.25, 0.3) is 21.8 Å². The van der Waals surface area contributed by atoms with E-state index in [-0.39, 0.29) is 11.5 Å². The first kappa shape index (κ1) is 20.9. The van der Waals surface area contributed by atoms with E-state index in [1.54, 1.807) is 12.1 Å². The van der Waals surface area contributed by atoms with Gasteiger partial charge in [-0.25, -0.2) is 14.6 Å². The maximum Gasteiger partial charge on any atom is 0.356 e. The summed E-state index contributed by atoms with van der Waals surface area (Å²) in [6, 6.07) is 14.2. The summed E-state index contributed by atoms with van der Waals surface area (Å²) in [5, 5.41) is 19.7.